The molecule has 0 bridgehead atoms. The van der Waals surface area contributed by atoms with Gasteiger partial charge in [-0.05, 0) is 37.2 Å². The molecule has 2 aliphatic rings. The van der Waals surface area contributed by atoms with E-state index in [1.165, 1.54) is 50.5 Å². The fraction of sp³-hybridized carbons (Fsp3) is 1.00. The molecule has 1 N–H and O–H groups in total. The molecular weight excluding hydrogens is 192 g/mol. The molecule has 0 aromatic carbocycles. The van der Waals surface area contributed by atoms with Crippen LogP contribution < -0.4 is 5.32 Å². The van der Waals surface area contributed by atoms with E-state index in [0.29, 0.717) is 0 Å². The summed E-state index contributed by atoms with van der Waals surface area (Å²) in [6.07, 6.45) is 2.89. The fourth-order valence-electron chi connectivity index (χ4n) is 2.41. The van der Waals surface area contributed by atoms with Crippen LogP contribution in [0.3, 0.4) is 0 Å². The predicted molar refractivity (Wildman–Crippen MR) is 64.0 cm³/mol. The van der Waals surface area contributed by atoms with Gasteiger partial charge in [0.15, 0.2) is 0 Å². The molecular formula is C11H22N2S. The third kappa shape index (κ3) is 2.88. The second-order valence-corrected chi connectivity index (χ2v) is 5.83. The highest BCUT2D eigenvalue weighted by Gasteiger charge is 2.22. The van der Waals surface area contributed by atoms with Gasteiger partial charge in [0.1, 0.15) is 0 Å². The van der Waals surface area contributed by atoms with Crippen molar-refractivity contribution in [1.29, 1.82) is 0 Å². The minimum Gasteiger partial charge on any atom is -0.314 e. The Hall–Kier alpha value is 0.270. The van der Waals surface area contributed by atoms with Crippen LogP contribution in [0.25, 0.3) is 0 Å². The van der Waals surface area contributed by atoms with Crippen molar-refractivity contribution in [2.45, 2.75) is 25.8 Å². The molecule has 0 radical (unpaired) electrons. The molecule has 2 fully saturated rings. The smallest absolute Gasteiger partial charge is 0.0193 e. The Morgan fingerprint density at radius 3 is 2.86 bits per heavy atom. The standard InChI is InChI=1S/C11H22N2S/c1-10-8-12-4-5-13(10)9-11-2-6-14-7-3-11/h10-12H,2-9H2,1H3. The lowest BCUT2D eigenvalue weighted by molar-refractivity contribution is 0.144. The SMILES string of the molecule is CC1CNCCN1CC1CCSCC1. The number of hydrogen-bond donors (Lipinski definition) is 1. The first kappa shape index (κ1) is 10.8. The van der Waals surface area contributed by atoms with E-state index in [4.69, 9.17) is 0 Å². The van der Waals surface area contributed by atoms with Gasteiger partial charge in [-0.25, -0.2) is 0 Å². The molecule has 0 aromatic rings. The minimum atomic E-state index is 0.748. The van der Waals surface area contributed by atoms with Crippen molar-refractivity contribution >= 4 is 11.8 Å². The molecule has 2 aliphatic heterocycles. The third-order valence-corrected chi connectivity index (χ3v) is 4.52. The lowest BCUT2D eigenvalue weighted by atomic mass is 10.0. The number of hydrogen-bond acceptors (Lipinski definition) is 3. The van der Waals surface area contributed by atoms with Crippen LogP contribution >= 0.6 is 11.8 Å². The summed E-state index contributed by atoms with van der Waals surface area (Å²) in [4.78, 5) is 2.68. The monoisotopic (exact) mass is 214 g/mol. The number of nitrogens with one attached hydrogen (secondary N) is 1. The molecule has 0 spiro atoms. The second-order valence-electron chi connectivity index (χ2n) is 4.60. The molecule has 2 saturated heterocycles. The van der Waals surface area contributed by atoms with Gasteiger partial charge in [-0.1, -0.05) is 0 Å². The molecule has 1 unspecified atom stereocenters. The first-order chi connectivity index (χ1) is 6.86. The van der Waals surface area contributed by atoms with Crippen LogP contribution in [-0.4, -0.2) is 48.6 Å². The summed E-state index contributed by atoms with van der Waals surface area (Å²) in [7, 11) is 0. The summed E-state index contributed by atoms with van der Waals surface area (Å²) in [6.45, 7) is 7.32. The van der Waals surface area contributed by atoms with E-state index in [1.807, 2.05) is 0 Å². The van der Waals surface area contributed by atoms with Crippen molar-refractivity contribution in [3.63, 3.8) is 0 Å². The quantitative estimate of drug-likeness (QED) is 0.748. The van der Waals surface area contributed by atoms with Crippen LogP contribution in [0.5, 0.6) is 0 Å². The van der Waals surface area contributed by atoms with Crippen LogP contribution in [-0.2, 0) is 0 Å². The molecule has 82 valence electrons. The summed E-state index contributed by atoms with van der Waals surface area (Å²) < 4.78 is 0. The Bertz CT molecular complexity index is 169. The van der Waals surface area contributed by atoms with Crippen molar-refractivity contribution < 1.29 is 0 Å². The minimum absolute atomic E-state index is 0.748. The van der Waals surface area contributed by atoms with E-state index < -0.39 is 0 Å². The fourth-order valence-corrected chi connectivity index (χ4v) is 3.62. The van der Waals surface area contributed by atoms with Gasteiger partial charge in [-0.15, -0.1) is 0 Å². The van der Waals surface area contributed by atoms with E-state index in [9.17, 15) is 0 Å². The lowest BCUT2D eigenvalue weighted by Crippen LogP contribution is -2.51. The first-order valence-corrected chi connectivity index (χ1v) is 7.04. The molecule has 2 nitrogen and oxygen atoms in total. The van der Waals surface area contributed by atoms with Gasteiger partial charge in [0, 0.05) is 32.2 Å². The van der Waals surface area contributed by atoms with Crippen LogP contribution in [0.4, 0.5) is 0 Å². The molecule has 0 saturated carbocycles. The zero-order valence-electron chi connectivity index (χ0n) is 9.17. The highest BCUT2D eigenvalue weighted by molar-refractivity contribution is 7.99. The molecule has 0 aliphatic carbocycles. The van der Waals surface area contributed by atoms with Crippen molar-refractivity contribution in [2.24, 2.45) is 5.92 Å². The Morgan fingerprint density at radius 2 is 2.14 bits per heavy atom. The second kappa shape index (κ2) is 5.38. The van der Waals surface area contributed by atoms with E-state index in [1.54, 1.807) is 0 Å². The van der Waals surface area contributed by atoms with Crippen LogP contribution in [0, 0.1) is 5.92 Å². The summed E-state index contributed by atoms with van der Waals surface area (Å²) in [5.41, 5.74) is 0. The Balaban J connectivity index is 1.76. The van der Waals surface area contributed by atoms with Gasteiger partial charge in [0.05, 0.1) is 0 Å². The maximum atomic E-state index is 3.46. The highest BCUT2D eigenvalue weighted by Crippen LogP contribution is 2.24. The lowest BCUT2D eigenvalue weighted by Gasteiger charge is -2.37. The van der Waals surface area contributed by atoms with Crippen LogP contribution in [0.15, 0.2) is 0 Å². The number of thioether (sulfide) groups is 1. The summed E-state index contributed by atoms with van der Waals surface area (Å²) in [5.74, 6) is 3.77. The van der Waals surface area contributed by atoms with Crippen LogP contribution in [0.2, 0.25) is 0 Å². The largest absolute Gasteiger partial charge is 0.314 e. The number of nitrogens with zero attached hydrogens (tertiary/aromatic N) is 1. The van der Waals surface area contributed by atoms with Crippen LogP contribution in [0.1, 0.15) is 19.8 Å². The molecule has 1 atom stereocenters. The molecule has 2 rings (SSSR count). The number of piperazine rings is 1. The Kier molecular flexibility index (Phi) is 4.14. The van der Waals surface area contributed by atoms with E-state index in [2.05, 4.69) is 28.9 Å². The predicted octanol–water partition coefficient (Wildman–Crippen LogP) is 1.42. The highest BCUT2D eigenvalue weighted by atomic mass is 32.2. The molecule has 0 aromatic heterocycles. The van der Waals surface area contributed by atoms with Crippen molar-refractivity contribution in [2.75, 3.05) is 37.7 Å². The van der Waals surface area contributed by atoms with E-state index in [0.717, 1.165) is 12.0 Å². The van der Waals surface area contributed by atoms with Gasteiger partial charge in [-0.3, -0.25) is 4.90 Å². The average Bonchev–Trinajstić information content (AvgIpc) is 2.23. The summed E-state index contributed by atoms with van der Waals surface area (Å²) >= 11 is 2.13. The normalized spacial score (nSPS) is 31.9. The maximum absolute atomic E-state index is 3.46. The van der Waals surface area contributed by atoms with Gasteiger partial charge in [-0.2, -0.15) is 11.8 Å². The first-order valence-electron chi connectivity index (χ1n) is 5.89. The number of rotatable bonds is 2. The zero-order valence-corrected chi connectivity index (χ0v) is 9.98. The maximum Gasteiger partial charge on any atom is 0.0193 e. The Morgan fingerprint density at radius 1 is 1.36 bits per heavy atom. The average molecular weight is 214 g/mol. The topological polar surface area (TPSA) is 15.3 Å². The van der Waals surface area contributed by atoms with Gasteiger partial charge in [0.2, 0.25) is 0 Å². The zero-order chi connectivity index (χ0) is 9.80. The molecule has 0 amide bonds. The summed E-state index contributed by atoms with van der Waals surface area (Å²) in [5, 5.41) is 3.46. The van der Waals surface area contributed by atoms with Gasteiger partial charge >= 0.3 is 0 Å². The van der Waals surface area contributed by atoms with Crippen molar-refractivity contribution in [3.8, 4) is 0 Å². The molecule has 14 heavy (non-hydrogen) atoms. The van der Waals surface area contributed by atoms with E-state index in [-0.39, 0.29) is 0 Å². The van der Waals surface area contributed by atoms with Gasteiger partial charge in [0.25, 0.3) is 0 Å². The van der Waals surface area contributed by atoms with Gasteiger partial charge < -0.3 is 5.32 Å². The van der Waals surface area contributed by atoms with Crippen molar-refractivity contribution in [1.82, 2.24) is 10.2 Å². The van der Waals surface area contributed by atoms with Crippen molar-refractivity contribution in [3.05, 3.63) is 0 Å². The molecule has 2 heterocycles. The molecule has 3 heteroatoms. The van der Waals surface area contributed by atoms with E-state index >= 15 is 0 Å². The Labute approximate surface area is 91.8 Å². The summed E-state index contributed by atoms with van der Waals surface area (Å²) in [6, 6.07) is 0.748. The third-order valence-electron chi connectivity index (χ3n) is 3.47.